The van der Waals surface area contributed by atoms with E-state index in [0.29, 0.717) is 0 Å². The highest BCUT2D eigenvalue weighted by Gasteiger charge is 2.41. The summed E-state index contributed by atoms with van der Waals surface area (Å²) in [7, 11) is 2.24. The number of hydrogen-bond acceptors (Lipinski definition) is 8. The summed E-state index contributed by atoms with van der Waals surface area (Å²) in [5, 5.41) is 29.8. The van der Waals surface area contributed by atoms with E-state index >= 15 is 0 Å². The molecule has 0 atom stereocenters. The van der Waals surface area contributed by atoms with Crippen molar-refractivity contribution in [2.45, 2.75) is 6.92 Å². The molecular weight excluding hydrogens is 296 g/mol. The minimum atomic E-state index is -0.985. The van der Waals surface area contributed by atoms with Gasteiger partial charge in [-0.25, -0.2) is 0 Å². The molecule has 22 heavy (non-hydrogen) atoms. The van der Waals surface area contributed by atoms with Crippen molar-refractivity contribution < 1.29 is 39.2 Å². The van der Waals surface area contributed by atoms with E-state index in [-0.39, 0.29) is 0 Å². The summed E-state index contributed by atoms with van der Waals surface area (Å²) in [4.78, 5) is 36.1. The number of aromatic hydroxyl groups is 3. The number of Topliss-reactive ketones (excluding diaryl/α,β-unsaturated/α-hetero) is 3. The maximum absolute atomic E-state index is 12.3. The van der Waals surface area contributed by atoms with Crippen LogP contribution < -0.4 is 0 Å². The second-order valence-electron chi connectivity index (χ2n) is 4.45. The first-order valence-corrected chi connectivity index (χ1v) is 6.01. The molecule has 1 aliphatic carbocycles. The predicted octanol–water partition coefficient (Wildman–Crippen LogP) is 0.889. The third-order valence-electron chi connectivity index (χ3n) is 3.25. The molecule has 1 aromatic carbocycles. The van der Waals surface area contributed by atoms with E-state index in [1.165, 1.54) is 0 Å². The number of fused-ring (bicyclic) bond motifs is 1. The molecule has 8 nitrogen and oxygen atoms in total. The first-order valence-electron chi connectivity index (χ1n) is 6.01. The van der Waals surface area contributed by atoms with Crippen molar-refractivity contribution in [3.63, 3.8) is 0 Å². The largest absolute Gasteiger partial charge is 0.506 e. The smallest absolute Gasteiger partial charge is 0.236 e. The van der Waals surface area contributed by atoms with E-state index in [0.717, 1.165) is 21.1 Å². The molecular formula is C14H12O8. The maximum Gasteiger partial charge on any atom is 0.236 e. The number of carbonyl (C=O) groups excluding carboxylic acids is 3. The number of benzene rings is 1. The summed E-state index contributed by atoms with van der Waals surface area (Å²) in [6.07, 6.45) is 0. The first-order chi connectivity index (χ1) is 10.3. The number of ketones is 3. The Morgan fingerprint density at radius 2 is 1.23 bits per heavy atom. The topological polar surface area (TPSA) is 130 Å². The Morgan fingerprint density at radius 3 is 1.59 bits per heavy atom. The summed E-state index contributed by atoms with van der Waals surface area (Å²) in [6, 6.07) is 0. The highest BCUT2D eigenvalue weighted by atomic mass is 16.5. The minimum absolute atomic E-state index is 0.477. The lowest BCUT2D eigenvalue weighted by Gasteiger charge is -2.22. The van der Waals surface area contributed by atoms with Crippen molar-refractivity contribution in [3.05, 3.63) is 28.2 Å². The normalized spacial score (nSPS) is 14.0. The Hall–Kier alpha value is -3.03. The van der Waals surface area contributed by atoms with Gasteiger partial charge in [-0.2, -0.15) is 0 Å². The van der Waals surface area contributed by atoms with Crippen LogP contribution in [0.15, 0.2) is 11.5 Å². The number of methoxy groups -OCH3 is 2. The second kappa shape index (κ2) is 5.06. The van der Waals surface area contributed by atoms with E-state index in [1.807, 2.05) is 0 Å². The van der Waals surface area contributed by atoms with Gasteiger partial charge in [0.1, 0.15) is 11.3 Å². The monoisotopic (exact) mass is 308 g/mol. The van der Waals surface area contributed by atoms with Gasteiger partial charge in [0.2, 0.25) is 23.1 Å². The van der Waals surface area contributed by atoms with Crippen LogP contribution in [0, 0.1) is 0 Å². The van der Waals surface area contributed by atoms with Gasteiger partial charge in [0.25, 0.3) is 0 Å². The Morgan fingerprint density at radius 1 is 0.818 bits per heavy atom. The average molecular weight is 308 g/mol. The summed E-state index contributed by atoms with van der Waals surface area (Å²) >= 11 is 0. The van der Waals surface area contributed by atoms with Crippen molar-refractivity contribution >= 4 is 17.3 Å². The van der Waals surface area contributed by atoms with Crippen molar-refractivity contribution in [1.29, 1.82) is 0 Å². The molecule has 0 aliphatic heterocycles. The molecule has 0 spiro atoms. The predicted molar refractivity (Wildman–Crippen MR) is 71.1 cm³/mol. The Labute approximate surface area is 124 Å². The SMILES string of the molecule is COC1=C(OC)C(=O)c2c(O)c(C(C)=O)c(O)c(O)c2C1=O. The number of phenols is 3. The van der Waals surface area contributed by atoms with E-state index in [1.54, 1.807) is 0 Å². The third kappa shape index (κ3) is 1.80. The highest BCUT2D eigenvalue weighted by Crippen LogP contribution is 2.46. The third-order valence-corrected chi connectivity index (χ3v) is 3.25. The van der Waals surface area contributed by atoms with E-state index in [2.05, 4.69) is 0 Å². The standard InChI is InChI=1S/C14H12O8/c1-4(15)5-8(16)6-7(10(18)9(5)17)12(20)14(22-3)13(21-2)11(6)19/h16-18H,1-3H3. The van der Waals surface area contributed by atoms with Crippen LogP contribution in [0.5, 0.6) is 17.2 Å². The minimum Gasteiger partial charge on any atom is -0.506 e. The zero-order chi connectivity index (χ0) is 16.8. The number of allylic oxidation sites excluding steroid dienone is 2. The summed E-state index contributed by atoms with van der Waals surface area (Å²) in [5.74, 6) is -6.55. The Kier molecular flexibility index (Phi) is 3.54. The van der Waals surface area contributed by atoms with Crippen molar-refractivity contribution in [1.82, 2.24) is 0 Å². The molecule has 116 valence electrons. The molecule has 0 saturated carbocycles. The number of rotatable bonds is 3. The van der Waals surface area contributed by atoms with Crippen LogP contribution >= 0.6 is 0 Å². The zero-order valence-corrected chi connectivity index (χ0v) is 11.9. The number of ether oxygens (including phenoxy) is 2. The van der Waals surface area contributed by atoms with Crippen molar-refractivity contribution in [2.75, 3.05) is 14.2 Å². The van der Waals surface area contributed by atoms with Crippen LogP contribution in [0.1, 0.15) is 38.0 Å². The average Bonchev–Trinajstić information content (AvgIpc) is 2.45. The fraction of sp³-hybridized carbons (Fsp3) is 0.214. The van der Waals surface area contributed by atoms with Gasteiger partial charge in [-0.05, 0) is 6.92 Å². The molecule has 0 aromatic heterocycles. The second-order valence-corrected chi connectivity index (χ2v) is 4.45. The highest BCUT2D eigenvalue weighted by molar-refractivity contribution is 6.28. The van der Waals surface area contributed by atoms with Gasteiger partial charge < -0.3 is 24.8 Å². The molecule has 3 N–H and O–H groups in total. The van der Waals surface area contributed by atoms with Crippen LogP contribution in [-0.2, 0) is 9.47 Å². The van der Waals surface area contributed by atoms with E-state index < -0.39 is 62.8 Å². The molecule has 0 amide bonds. The van der Waals surface area contributed by atoms with Crippen molar-refractivity contribution in [2.24, 2.45) is 0 Å². The van der Waals surface area contributed by atoms with Crippen LogP contribution in [0.2, 0.25) is 0 Å². The first kappa shape index (κ1) is 15.4. The lowest BCUT2D eigenvalue weighted by Crippen LogP contribution is -2.25. The summed E-state index contributed by atoms with van der Waals surface area (Å²) < 4.78 is 9.59. The van der Waals surface area contributed by atoms with Crippen LogP contribution in [0.25, 0.3) is 0 Å². The zero-order valence-electron chi connectivity index (χ0n) is 11.9. The van der Waals surface area contributed by atoms with Gasteiger partial charge in [0, 0.05) is 0 Å². The quantitative estimate of drug-likeness (QED) is 0.426. The number of hydrogen-bond donors (Lipinski definition) is 3. The maximum atomic E-state index is 12.3. The molecule has 0 fully saturated rings. The van der Waals surface area contributed by atoms with Gasteiger partial charge in [-0.1, -0.05) is 0 Å². The molecule has 0 unspecified atom stereocenters. The molecule has 1 aromatic rings. The molecule has 1 aliphatic rings. The summed E-state index contributed by atoms with van der Waals surface area (Å²) in [6.45, 7) is 1.02. The van der Waals surface area contributed by atoms with Gasteiger partial charge in [0.05, 0.1) is 25.3 Å². The number of phenolic OH excluding ortho intramolecular Hbond substituents is 3. The number of carbonyl (C=O) groups is 3. The fourth-order valence-electron chi connectivity index (χ4n) is 2.29. The fourth-order valence-corrected chi connectivity index (χ4v) is 2.29. The lowest BCUT2D eigenvalue weighted by molar-refractivity contribution is 0.0822. The molecule has 0 saturated heterocycles. The van der Waals surface area contributed by atoms with Crippen LogP contribution in [0.4, 0.5) is 0 Å². The van der Waals surface area contributed by atoms with Gasteiger partial charge in [-0.15, -0.1) is 0 Å². The Bertz CT molecular complexity index is 757. The molecule has 0 bridgehead atoms. The molecule has 2 rings (SSSR count). The van der Waals surface area contributed by atoms with Gasteiger partial charge >= 0.3 is 0 Å². The molecule has 8 heteroatoms. The van der Waals surface area contributed by atoms with Gasteiger partial charge in [-0.3, -0.25) is 14.4 Å². The molecule has 0 heterocycles. The van der Waals surface area contributed by atoms with Crippen LogP contribution in [-0.4, -0.2) is 46.9 Å². The van der Waals surface area contributed by atoms with Gasteiger partial charge in [0.15, 0.2) is 17.3 Å². The van der Waals surface area contributed by atoms with Crippen molar-refractivity contribution in [3.8, 4) is 17.2 Å². The lowest BCUT2D eigenvalue weighted by atomic mass is 9.87. The van der Waals surface area contributed by atoms with E-state index in [4.69, 9.17) is 9.47 Å². The Balaban J connectivity index is 2.95. The summed E-state index contributed by atoms with van der Waals surface area (Å²) in [5.41, 5.74) is -1.93. The van der Waals surface area contributed by atoms with E-state index in [9.17, 15) is 29.7 Å². The van der Waals surface area contributed by atoms with Crippen LogP contribution in [0.3, 0.4) is 0 Å². The molecule has 0 radical (unpaired) electrons.